The number of carbonyl (C=O) groups excluding carboxylic acids is 1. The van der Waals surface area contributed by atoms with Crippen molar-refractivity contribution in [2.24, 2.45) is 0 Å². The third kappa shape index (κ3) is 3.73. The van der Waals surface area contributed by atoms with Crippen LogP contribution >= 0.6 is 11.8 Å². The Balaban J connectivity index is 2.05. The highest BCUT2D eigenvalue weighted by Gasteiger charge is 2.30. The summed E-state index contributed by atoms with van der Waals surface area (Å²) in [6.07, 6.45) is 3.95. The van der Waals surface area contributed by atoms with Crippen molar-refractivity contribution in [1.29, 1.82) is 0 Å². The molecule has 0 bridgehead atoms. The second-order valence-corrected chi connectivity index (χ2v) is 6.48. The predicted molar refractivity (Wildman–Crippen MR) is 81.0 cm³/mol. The van der Waals surface area contributed by atoms with Gasteiger partial charge in [0.25, 0.3) is 5.91 Å². The number of thioether (sulfide) groups is 1. The highest BCUT2D eigenvalue weighted by atomic mass is 32.2. The van der Waals surface area contributed by atoms with Gasteiger partial charge in [0.2, 0.25) is 0 Å². The topological polar surface area (TPSA) is 53.4 Å². The molecule has 0 radical (unpaired) electrons. The minimum Gasteiger partial charge on any atom is -0.393 e. The van der Waals surface area contributed by atoms with Crippen molar-refractivity contribution in [3.63, 3.8) is 0 Å². The molecule has 1 aromatic heterocycles. The van der Waals surface area contributed by atoms with Crippen LogP contribution in [-0.2, 0) is 0 Å². The van der Waals surface area contributed by atoms with Crippen LogP contribution in [0.25, 0.3) is 0 Å². The van der Waals surface area contributed by atoms with Crippen LogP contribution in [0.3, 0.4) is 0 Å². The molecular formula is C15H22N2O2S. The first-order chi connectivity index (χ1) is 9.61. The maximum atomic E-state index is 12.5. The van der Waals surface area contributed by atoms with Crippen molar-refractivity contribution in [1.82, 2.24) is 9.88 Å². The molecule has 2 heterocycles. The number of rotatable bonds is 5. The van der Waals surface area contributed by atoms with E-state index in [0.717, 1.165) is 30.2 Å². The fraction of sp³-hybridized carbons (Fsp3) is 0.600. The van der Waals surface area contributed by atoms with E-state index in [4.69, 9.17) is 0 Å². The summed E-state index contributed by atoms with van der Waals surface area (Å²) in [5.41, 5.74) is 0.642. The Labute approximate surface area is 124 Å². The van der Waals surface area contributed by atoms with Crippen LogP contribution in [0.5, 0.6) is 0 Å². The van der Waals surface area contributed by atoms with Gasteiger partial charge in [-0.15, -0.1) is 11.8 Å². The normalized spacial score (nSPS) is 20.1. The summed E-state index contributed by atoms with van der Waals surface area (Å²) in [6, 6.07) is 3.92. The fourth-order valence-electron chi connectivity index (χ4n) is 2.65. The predicted octanol–water partition coefficient (Wildman–Crippen LogP) is 2.57. The molecule has 4 nitrogen and oxygen atoms in total. The van der Waals surface area contributed by atoms with Crippen molar-refractivity contribution in [3.05, 3.63) is 23.9 Å². The summed E-state index contributed by atoms with van der Waals surface area (Å²) in [6.45, 7) is 4.64. The van der Waals surface area contributed by atoms with Crippen molar-refractivity contribution in [2.45, 2.75) is 50.3 Å². The Morgan fingerprint density at radius 2 is 2.40 bits per heavy atom. The Bertz CT molecular complexity index is 448. The zero-order valence-corrected chi connectivity index (χ0v) is 12.9. The lowest BCUT2D eigenvalue weighted by Gasteiger charge is -2.25. The number of likely N-dealkylation sites (tertiary alicyclic amines) is 1. The highest BCUT2D eigenvalue weighted by molar-refractivity contribution is 7.99. The van der Waals surface area contributed by atoms with E-state index in [9.17, 15) is 9.90 Å². The molecule has 0 aliphatic carbocycles. The van der Waals surface area contributed by atoms with Crippen LogP contribution in [0.15, 0.2) is 23.4 Å². The van der Waals surface area contributed by atoms with Crippen LogP contribution in [-0.4, -0.2) is 45.3 Å². The molecule has 110 valence electrons. The Morgan fingerprint density at radius 3 is 3.00 bits per heavy atom. The minimum absolute atomic E-state index is 0.0358. The molecule has 1 saturated heterocycles. The minimum atomic E-state index is -0.366. The van der Waals surface area contributed by atoms with E-state index >= 15 is 0 Å². The van der Waals surface area contributed by atoms with Crippen molar-refractivity contribution in [2.75, 3.05) is 12.3 Å². The van der Waals surface area contributed by atoms with Gasteiger partial charge in [-0.2, -0.15) is 0 Å². The summed E-state index contributed by atoms with van der Waals surface area (Å²) in [4.78, 5) is 18.7. The summed E-state index contributed by atoms with van der Waals surface area (Å²) in [5, 5.41) is 10.5. The molecule has 0 spiro atoms. The third-order valence-corrected chi connectivity index (χ3v) is 4.35. The summed E-state index contributed by atoms with van der Waals surface area (Å²) >= 11 is 1.67. The molecule has 1 N–H and O–H groups in total. The number of amides is 1. The van der Waals surface area contributed by atoms with Gasteiger partial charge in [-0.05, 0) is 44.1 Å². The second-order valence-electron chi connectivity index (χ2n) is 5.20. The Hall–Kier alpha value is -1.07. The monoisotopic (exact) mass is 294 g/mol. The van der Waals surface area contributed by atoms with E-state index in [1.165, 1.54) is 0 Å². The average Bonchev–Trinajstić information content (AvgIpc) is 2.86. The van der Waals surface area contributed by atoms with E-state index in [1.54, 1.807) is 24.9 Å². The smallest absolute Gasteiger partial charge is 0.255 e. The SMILES string of the molecule is CCSc1ccc(C(=O)N2CCCC2CC(C)O)cn1. The van der Waals surface area contributed by atoms with E-state index in [1.807, 2.05) is 17.0 Å². The highest BCUT2D eigenvalue weighted by Crippen LogP contribution is 2.24. The van der Waals surface area contributed by atoms with Gasteiger partial charge in [-0.3, -0.25) is 4.79 Å². The molecule has 1 amide bonds. The molecule has 2 atom stereocenters. The second kappa shape index (κ2) is 7.09. The third-order valence-electron chi connectivity index (χ3n) is 3.53. The van der Waals surface area contributed by atoms with Gasteiger partial charge < -0.3 is 10.0 Å². The lowest BCUT2D eigenvalue weighted by atomic mass is 10.1. The standard InChI is InChI=1S/C15H22N2O2S/c1-3-20-14-7-6-12(10-16-14)15(19)17-8-4-5-13(17)9-11(2)18/h6-7,10-11,13,18H,3-5,8-9H2,1-2H3. The van der Waals surface area contributed by atoms with Gasteiger partial charge in [0.15, 0.2) is 0 Å². The number of nitrogens with zero attached hydrogens (tertiary/aromatic N) is 2. The van der Waals surface area contributed by atoms with Crippen molar-refractivity contribution in [3.8, 4) is 0 Å². The zero-order chi connectivity index (χ0) is 14.5. The number of carbonyl (C=O) groups is 1. The number of aliphatic hydroxyl groups excluding tert-OH is 1. The number of pyridine rings is 1. The number of hydrogen-bond donors (Lipinski definition) is 1. The fourth-order valence-corrected chi connectivity index (χ4v) is 3.24. The van der Waals surface area contributed by atoms with Crippen LogP contribution in [0, 0.1) is 0 Å². The molecule has 0 aromatic carbocycles. The first-order valence-corrected chi connectivity index (χ1v) is 8.18. The van der Waals surface area contributed by atoms with Gasteiger partial charge in [0.1, 0.15) is 0 Å². The van der Waals surface area contributed by atoms with E-state index in [0.29, 0.717) is 12.0 Å². The van der Waals surface area contributed by atoms with Crippen LogP contribution in [0.1, 0.15) is 43.5 Å². The molecule has 5 heteroatoms. The van der Waals surface area contributed by atoms with Gasteiger partial charge >= 0.3 is 0 Å². The molecule has 20 heavy (non-hydrogen) atoms. The first-order valence-electron chi connectivity index (χ1n) is 7.19. The van der Waals surface area contributed by atoms with Crippen molar-refractivity contribution >= 4 is 17.7 Å². The number of hydrogen-bond acceptors (Lipinski definition) is 4. The number of aromatic nitrogens is 1. The first kappa shape index (κ1) is 15.3. The van der Waals surface area contributed by atoms with Crippen LogP contribution < -0.4 is 0 Å². The Kier molecular flexibility index (Phi) is 5.43. The largest absolute Gasteiger partial charge is 0.393 e. The van der Waals surface area contributed by atoms with E-state index in [-0.39, 0.29) is 18.1 Å². The molecule has 1 aliphatic rings. The molecule has 2 rings (SSSR count). The molecular weight excluding hydrogens is 272 g/mol. The van der Waals surface area contributed by atoms with E-state index in [2.05, 4.69) is 11.9 Å². The van der Waals surface area contributed by atoms with Crippen molar-refractivity contribution < 1.29 is 9.90 Å². The maximum absolute atomic E-state index is 12.5. The molecule has 0 saturated carbocycles. The van der Waals surface area contributed by atoms with Gasteiger partial charge in [-0.25, -0.2) is 4.98 Å². The number of aliphatic hydroxyl groups is 1. The van der Waals surface area contributed by atoms with Gasteiger partial charge in [0.05, 0.1) is 16.7 Å². The van der Waals surface area contributed by atoms with Gasteiger partial charge in [-0.1, -0.05) is 6.92 Å². The molecule has 1 fully saturated rings. The zero-order valence-electron chi connectivity index (χ0n) is 12.1. The Morgan fingerprint density at radius 1 is 1.60 bits per heavy atom. The molecule has 2 unspecified atom stereocenters. The summed E-state index contributed by atoms with van der Waals surface area (Å²) < 4.78 is 0. The quantitative estimate of drug-likeness (QED) is 0.848. The summed E-state index contributed by atoms with van der Waals surface area (Å²) in [7, 11) is 0. The summed E-state index contributed by atoms with van der Waals surface area (Å²) in [5.74, 6) is 1.01. The van der Waals surface area contributed by atoms with Crippen LogP contribution in [0.2, 0.25) is 0 Å². The van der Waals surface area contributed by atoms with Crippen LogP contribution in [0.4, 0.5) is 0 Å². The van der Waals surface area contributed by atoms with E-state index < -0.39 is 0 Å². The maximum Gasteiger partial charge on any atom is 0.255 e. The van der Waals surface area contributed by atoms with Gasteiger partial charge in [0, 0.05) is 18.8 Å². The molecule has 1 aromatic rings. The lowest BCUT2D eigenvalue weighted by Crippen LogP contribution is -2.37. The average molecular weight is 294 g/mol. The molecule has 1 aliphatic heterocycles. The lowest BCUT2D eigenvalue weighted by molar-refractivity contribution is 0.0681.